The first-order valence-corrected chi connectivity index (χ1v) is 9.91. The van der Waals surface area contributed by atoms with E-state index in [4.69, 9.17) is 16.3 Å². The molecule has 0 aliphatic rings. The van der Waals surface area contributed by atoms with Gasteiger partial charge in [0.1, 0.15) is 12.4 Å². The van der Waals surface area contributed by atoms with E-state index >= 15 is 0 Å². The lowest BCUT2D eigenvalue weighted by Crippen LogP contribution is -2.10. The van der Waals surface area contributed by atoms with Crippen LogP contribution in [0.1, 0.15) is 27.7 Å². The number of nitro groups is 1. The number of carbonyl (C=O) groups excluding carboxylic acids is 1. The van der Waals surface area contributed by atoms with E-state index in [2.05, 4.69) is 5.32 Å². The van der Waals surface area contributed by atoms with Crippen molar-refractivity contribution < 1.29 is 14.5 Å². The van der Waals surface area contributed by atoms with Gasteiger partial charge < -0.3 is 10.1 Å². The summed E-state index contributed by atoms with van der Waals surface area (Å²) >= 11 is 7.30. The van der Waals surface area contributed by atoms with Crippen LogP contribution in [0.15, 0.2) is 60.0 Å². The standard InChI is InChI=1S/C21H17ClN2O4S/c1-2-5-15-6-3-4-7-19(15)28-12-14-10-20(29-13-14)21(25)23-18-11-16(24(26)27)8-9-17(18)22/h2-11,13H,12H2,1H3,(H,23,25)/b5-2+. The van der Waals surface area contributed by atoms with Crippen LogP contribution in [-0.4, -0.2) is 10.8 Å². The number of nitro benzene ring substituents is 1. The lowest BCUT2D eigenvalue weighted by Gasteiger charge is -2.08. The first kappa shape index (κ1) is 20.6. The summed E-state index contributed by atoms with van der Waals surface area (Å²) in [5, 5.41) is 15.6. The lowest BCUT2D eigenvalue weighted by atomic mass is 10.2. The number of halogens is 1. The highest BCUT2D eigenvalue weighted by Crippen LogP contribution is 2.28. The van der Waals surface area contributed by atoms with Crippen molar-refractivity contribution in [3.05, 3.63) is 91.1 Å². The van der Waals surface area contributed by atoms with Crippen LogP contribution in [0.3, 0.4) is 0 Å². The number of hydrogen-bond donors (Lipinski definition) is 1. The number of carbonyl (C=O) groups is 1. The van der Waals surface area contributed by atoms with Crippen LogP contribution in [-0.2, 0) is 6.61 Å². The smallest absolute Gasteiger partial charge is 0.271 e. The van der Waals surface area contributed by atoms with Crippen LogP contribution in [0.4, 0.5) is 11.4 Å². The van der Waals surface area contributed by atoms with Gasteiger partial charge in [0.05, 0.1) is 20.5 Å². The molecule has 8 heteroatoms. The van der Waals surface area contributed by atoms with Gasteiger partial charge in [-0.05, 0) is 30.5 Å². The molecule has 0 saturated carbocycles. The van der Waals surface area contributed by atoms with Gasteiger partial charge in [-0.15, -0.1) is 11.3 Å². The predicted molar refractivity (Wildman–Crippen MR) is 116 cm³/mol. The number of rotatable bonds is 7. The number of anilines is 1. The number of non-ortho nitro benzene ring substituents is 1. The van der Waals surface area contributed by atoms with Gasteiger partial charge in [-0.2, -0.15) is 0 Å². The second-order valence-corrected chi connectivity index (χ2v) is 7.34. The quantitative estimate of drug-likeness (QED) is 0.360. The molecule has 0 aliphatic heterocycles. The molecule has 148 valence electrons. The maximum absolute atomic E-state index is 12.5. The van der Waals surface area contributed by atoms with E-state index in [1.165, 1.54) is 29.5 Å². The fraction of sp³-hybridized carbons (Fsp3) is 0.0952. The number of nitrogens with one attached hydrogen (secondary N) is 1. The zero-order chi connectivity index (χ0) is 20.8. The summed E-state index contributed by atoms with van der Waals surface area (Å²) in [6.45, 7) is 2.25. The SMILES string of the molecule is C/C=C/c1ccccc1OCc1csc(C(=O)Nc2cc([N+](=O)[O-])ccc2Cl)c1. The molecule has 0 spiro atoms. The summed E-state index contributed by atoms with van der Waals surface area (Å²) in [5.41, 5.74) is 1.87. The van der Waals surface area contributed by atoms with Gasteiger partial charge in [0.25, 0.3) is 11.6 Å². The zero-order valence-electron chi connectivity index (χ0n) is 15.4. The van der Waals surface area contributed by atoms with Crippen molar-refractivity contribution in [2.45, 2.75) is 13.5 Å². The number of allylic oxidation sites excluding steroid dienone is 1. The van der Waals surface area contributed by atoms with Crippen LogP contribution < -0.4 is 10.1 Å². The van der Waals surface area contributed by atoms with Crippen molar-refractivity contribution in [2.75, 3.05) is 5.32 Å². The number of nitrogens with zero attached hydrogens (tertiary/aromatic N) is 1. The molecule has 1 amide bonds. The van der Waals surface area contributed by atoms with E-state index < -0.39 is 10.8 Å². The summed E-state index contributed by atoms with van der Waals surface area (Å²) in [6, 6.07) is 13.3. The van der Waals surface area contributed by atoms with E-state index in [9.17, 15) is 14.9 Å². The maximum Gasteiger partial charge on any atom is 0.271 e. The Labute approximate surface area is 176 Å². The van der Waals surface area contributed by atoms with Crippen molar-refractivity contribution in [1.29, 1.82) is 0 Å². The van der Waals surface area contributed by atoms with Crippen LogP contribution in [0.2, 0.25) is 5.02 Å². The largest absolute Gasteiger partial charge is 0.488 e. The molecule has 0 saturated heterocycles. The molecule has 0 radical (unpaired) electrons. The third-order valence-electron chi connectivity index (χ3n) is 3.95. The van der Waals surface area contributed by atoms with Crippen molar-refractivity contribution >= 4 is 46.3 Å². The third kappa shape index (κ3) is 5.22. The van der Waals surface area contributed by atoms with Crippen LogP contribution in [0.25, 0.3) is 6.08 Å². The summed E-state index contributed by atoms with van der Waals surface area (Å²) in [6.07, 6.45) is 3.90. The minimum absolute atomic E-state index is 0.148. The molecule has 29 heavy (non-hydrogen) atoms. The van der Waals surface area contributed by atoms with Gasteiger partial charge in [0, 0.05) is 23.3 Å². The number of amides is 1. The van der Waals surface area contributed by atoms with Crippen molar-refractivity contribution in [2.24, 2.45) is 0 Å². The van der Waals surface area contributed by atoms with Gasteiger partial charge >= 0.3 is 0 Å². The van der Waals surface area contributed by atoms with E-state index in [-0.39, 0.29) is 16.4 Å². The van der Waals surface area contributed by atoms with Gasteiger partial charge in [0.15, 0.2) is 0 Å². The molecular weight excluding hydrogens is 412 g/mol. The normalized spacial score (nSPS) is 10.8. The molecule has 0 aliphatic carbocycles. The molecule has 0 unspecified atom stereocenters. The van der Waals surface area contributed by atoms with E-state index in [1.54, 1.807) is 6.07 Å². The monoisotopic (exact) mass is 428 g/mol. The molecule has 0 atom stereocenters. The highest BCUT2D eigenvalue weighted by Gasteiger charge is 2.15. The fourth-order valence-corrected chi connectivity index (χ4v) is 3.52. The number of ether oxygens (including phenoxy) is 1. The first-order valence-electron chi connectivity index (χ1n) is 8.65. The summed E-state index contributed by atoms with van der Waals surface area (Å²) in [7, 11) is 0. The van der Waals surface area contributed by atoms with E-state index in [0.29, 0.717) is 11.5 Å². The number of para-hydroxylation sites is 1. The molecule has 3 rings (SSSR count). The first-order chi connectivity index (χ1) is 14.0. The molecule has 1 aromatic heterocycles. The Bertz CT molecular complexity index is 1080. The van der Waals surface area contributed by atoms with Crippen molar-refractivity contribution in [1.82, 2.24) is 0 Å². The van der Waals surface area contributed by atoms with Gasteiger partial charge in [-0.25, -0.2) is 0 Å². The molecule has 1 heterocycles. The van der Waals surface area contributed by atoms with Crippen LogP contribution in [0.5, 0.6) is 5.75 Å². The van der Waals surface area contributed by atoms with Gasteiger partial charge in [0.2, 0.25) is 0 Å². The number of benzene rings is 2. The van der Waals surface area contributed by atoms with Crippen LogP contribution >= 0.6 is 22.9 Å². The Morgan fingerprint density at radius 3 is 2.83 bits per heavy atom. The highest BCUT2D eigenvalue weighted by molar-refractivity contribution is 7.12. The fourth-order valence-electron chi connectivity index (χ4n) is 2.57. The average molecular weight is 429 g/mol. The summed E-state index contributed by atoms with van der Waals surface area (Å²) in [5.74, 6) is 0.365. The van der Waals surface area contributed by atoms with Crippen molar-refractivity contribution in [3.8, 4) is 5.75 Å². The van der Waals surface area contributed by atoms with Gasteiger partial charge in [-0.3, -0.25) is 14.9 Å². The van der Waals surface area contributed by atoms with Crippen LogP contribution in [0, 0.1) is 10.1 Å². The molecule has 6 nitrogen and oxygen atoms in total. The Hall–Kier alpha value is -3.16. The predicted octanol–water partition coefficient (Wildman–Crippen LogP) is 6.17. The molecular formula is C21H17ClN2O4S. The molecule has 0 bridgehead atoms. The maximum atomic E-state index is 12.5. The minimum atomic E-state index is -0.544. The second kappa shape index (κ2) is 9.36. The summed E-state index contributed by atoms with van der Waals surface area (Å²) < 4.78 is 5.88. The summed E-state index contributed by atoms with van der Waals surface area (Å²) in [4.78, 5) is 23.3. The van der Waals surface area contributed by atoms with Crippen molar-refractivity contribution in [3.63, 3.8) is 0 Å². The zero-order valence-corrected chi connectivity index (χ0v) is 17.0. The number of thiophene rings is 1. The highest BCUT2D eigenvalue weighted by atomic mass is 35.5. The molecule has 3 aromatic rings. The second-order valence-electron chi connectivity index (χ2n) is 6.02. The molecule has 0 fully saturated rings. The topological polar surface area (TPSA) is 81.5 Å². The lowest BCUT2D eigenvalue weighted by molar-refractivity contribution is -0.384. The average Bonchev–Trinajstić information content (AvgIpc) is 3.18. The van der Waals surface area contributed by atoms with E-state index in [1.807, 2.05) is 48.7 Å². The molecule has 2 aromatic carbocycles. The van der Waals surface area contributed by atoms with E-state index in [0.717, 1.165) is 16.9 Å². The van der Waals surface area contributed by atoms with Gasteiger partial charge in [-0.1, -0.05) is 42.0 Å². The Morgan fingerprint density at radius 2 is 2.07 bits per heavy atom. The Balaban J connectivity index is 1.68. The minimum Gasteiger partial charge on any atom is -0.488 e. The third-order valence-corrected chi connectivity index (χ3v) is 5.25. The molecule has 1 N–H and O–H groups in total. The number of hydrogen-bond acceptors (Lipinski definition) is 5. The Morgan fingerprint density at radius 1 is 1.28 bits per heavy atom. The Kier molecular flexibility index (Phi) is 6.64.